The van der Waals surface area contributed by atoms with Gasteiger partial charge in [0.1, 0.15) is 24.0 Å². The Bertz CT molecular complexity index is 1330. The SMILES string of the molecule is COc1ccc(CNC(=O)/C(C#N)=C\c2cc(OC)c(OCc3ccc4c(c3)OCO4)cc2Br)cc1. The number of halogens is 1. The van der Waals surface area contributed by atoms with Gasteiger partial charge in [-0.3, -0.25) is 4.79 Å². The normalized spacial score (nSPS) is 12.0. The minimum atomic E-state index is -0.484. The van der Waals surface area contributed by atoms with Crippen molar-refractivity contribution in [2.75, 3.05) is 21.0 Å². The second-order valence-electron chi connectivity index (χ2n) is 7.70. The lowest BCUT2D eigenvalue weighted by Crippen LogP contribution is -2.23. The Morgan fingerprint density at radius 3 is 2.50 bits per heavy atom. The van der Waals surface area contributed by atoms with Gasteiger partial charge in [-0.15, -0.1) is 0 Å². The highest BCUT2D eigenvalue weighted by atomic mass is 79.9. The summed E-state index contributed by atoms with van der Waals surface area (Å²) in [6.45, 7) is 0.768. The van der Waals surface area contributed by atoms with Crippen LogP contribution in [0, 0.1) is 11.3 Å². The number of methoxy groups -OCH3 is 2. The number of amides is 1. The summed E-state index contributed by atoms with van der Waals surface area (Å²) in [6.07, 6.45) is 1.50. The molecule has 8 nitrogen and oxygen atoms in total. The van der Waals surface area contributed by atoms with E-state index < -0.39 is 5.91 Å². The van der Waals surface area contributed by atoms with Gasteiger partial charge in [0, 0.05) is 11.0 Å². The standard InChI is InChI=1S/C27H23BrN2O6/c1-32-21-6-3-17(4-7-21)14-30-27(31)20(13-29)10-19-11-24(33-2)26(12-22(19)28)34-15-18-5-8-23-25(9-18)36-16-35-23/h3-12H,14-16H2,1-2H3,(H,30,31)/b20-10-. The van der Waals surface area contributed by atoms with Crippen LogP contribution in [0.3, 0.4) is 0 Å². The minimum Gasteiger partial charge on any atom is -0.497 e. The highest BCUT2D eigenvalue weighted by Gasteiger charge is 2.16. The highest BCUT2D eigenvalue weighted by molar-refractivity contribution is 9.10. The summed E-state index contributed by atoms with van der Waals surface area (Å²) in [5.74, 6) is 2.59. The molecule has 3 aromatic rings. The first kappa shape index (κ1) is 24.9. The fourth-order valence-electron chi connectivity index (χ4n) is 3.45. The number of hydrogen-bond donors (Lipinski definition) is 1. The van der Waals surface area contributed by atoms with Crippen molar-refractivity contribution >= 4 is 27.9 Å². The van der Waals surface area contributed by atoms with Crippen LogP contribution in [-0.4, -0.2) is 26.9 Å². The molecular weight excluding hydrogens is 528 g/mol. The molecule has 1 amide bonds. The van der Waals surface area contributed by atoms with Crippen LogP contribution in [-0.2, 0) is 17.9 Å². The van der Waals surface area contributed by atoms with E-state index in [0.717, 1.165) is 16.9 Å². The van der Waals surface area contributed by atoms with Gasteiger partial charge in [0.2, 0.25) is 6.79 Å². The molecule has 0 unspecified atom stereocenters. The number of nitrogens with one attached hydrogen (secondary N) is 1. The van der Waals surface area contributed by atoms with Crippen LogP contribution in [0.25, 0.3) is 6.08 Å². The van der Waals surface area contributed by atoms with Gasteiger partial charge in [-0.05, 0) is 59.2 Å². The fourth-order valence-corrected chi connectivity index (χ4v) is 3.89. The van der Waals surface area contributed by atoms with Crippen molar-refractivity contribution in [3.63, 3.8) is 0 Å². The van der Waals surface area contributed by atoms with Crippen molar-refractivity contribution in [3.8, 4) is 34.8 Å². The van der Waals surface area contributed by atoms with Crippen LogP contribution in [0.4, 0.5) is 0 Å². The maximum absolute atomic E-state index is 12.6. The lowest BCUT2D eigenvalue weighted by molar-refractivity contribution is -0.117. The molecule has 0 aliphatic carbocycles. The smallest absolute Gasteiger partial charge is 0.262 e. The van der Waals surface area contributed by atoms with Gasteiger partial charge in [0.15, 0.2) is 23.0 Å². The molecular formula is C27H23BrN2O6. The molecule has 36 heavy (non-hydrogen) atoms. The van der Waals surface area contributed by atoms with Gasteiger partial charge in [-0.25, -0.2) is 0 Å². The Balaban J connectivity index is 1.45. The summed E-state index contributed by atoms with van der Waals surface area (Å²) in [6, 6.07) is 18.3. The molecule has 1 heterocycles. The zero-order valence-electron chi connectivity index (χ0n) is 19.7. The quantitative estimate of drug-likeness (QED) is 0.295. The van der Waals surface area contributed by atoms with Crippen LogP contribution in [0.5, 0.6) is 28.7 Å². The summed E-state index contributed by atoms with van der Waals surface area (Å²) in [4.78, 5) is 12.6. The Morgan fingerprint density at radius 1 is 1.03 bits per heavy atom. The van der Waals surface area contributed by atoms with E-state index in [1.165, 1.54) is 13.2 Å². The van der Waals surface area contributed by atoms with Crippen LogP contribution >= 0.6 is 15.9 Å². The van der Waals surface area contributed by atoms with Gasteiger partial charge in [-0.2, -0.15) is 5.26 Å². The van der Waals surface area contributed by atoms with Crippen molar-refractivity contribution in [3.05, 3.63) is 81.3 Å². The third kappa shape index (κ3) is 5.90. The number of hydrogen-bond acceptors (Lipinski definition) is 7. The Morgan fingerprint density at radius 2 is 1.78 bits per heavy atom. The molecule has 0 fully saturated rings. The number of ether oxygens (including phenoxy) is 5. The number of nitriles is 1. The van der Waals surface area contributed by atoms with E-state index >= 15 is 0 Å². The largest absolute Gasteiger partial charge is 0.497 e. The average molecular weight is 551 g/mol. The first-order valence-electron chi connectivity index (χ1n) is 10.9. The van der Waals surface area contributed by atoms with E-state index in [9.17, 15) is 10.1 Å². The lowest BCUT2D eigenvalue weighted by atomic mass is 10.1. The number of nitrogens with zero attached hydrogens (tertiary/aromatic N) is 1. The van der Waals surface area contributed by atoms with Crippen molar-refractivity contribution < 1.29 is 28.5 Å². The van der Waals surface area contributed by atoms with E-state index in [-0.39, 0.29) is 25.5 Å². The first-order chi connectivity index (χ1) is 17.5. The number of carbonyl (C=O) groups is 1. The molecule has 0 saturated carbocycles. The summed E-state index contributed by atoms with van der Waals surface area (Å²) < 4.78 is 28.0. The molecule has 1 aliphatic heterocycles. The zero-order valence-corrected chi connectivity index (χ0v) is 21.3. The van der Waals surface area contributed by atoms with Gasteiger partial charge < -0.3 is 29.0 Å². The molecule has 0 saturated heterocycles. The molecule has 0 aromatic heterocycles. The molecule has 3 aromatic carbocycles. The van der Waals surface area contributed by atoms with E-state index in [4.69, 9.17) is 23.7 Å². The number of benzene rings is 3. The average Bonchev–Trinajstić information content (AvgIpc) is 3.38. The fraction of sp³-hybridized carbons (Fsp3) is 0.185. The molecule has 0 radical (unpaired) electrons. The Labute approximate surface area is 217 Å². The predicted octanol–water partition coefficient (Wildman–Crippen LogP) is 5.00. The van der Waals surface area contributed by atoms with E-state index in [0.29, 0.717) is 33.0 Å². The predicted molar refractivity (Wildman–Crippen MR) is 136 cm³/mol. The minimum absolute atomic E-state index is 0.0414. The van der Waals surface area contributed by atoms with Gasteiger partial charge in [0.05, 0.1) is 14.2 Å². The molecule has 4 rings (SSSR count). The van der Waals surface area contributed by atoms with Crippen molar-refractivity contribution in [2.45, 2.75) is 13.2 Å². The second kappa shape index (κ2) is 11.5. The van der Waals surface area contributed by atoms with Gasteiger partial charge in [-0.1, -0.05) is 34.1 Å². The molecule has 184 valence electrons. The third-order valence-corrected chi connectivity index (χ3v) is 6.08. The number of fused-ring (bicyclic) bond motifs is 1. The van der Waals surface area contributed by atoms with Crippen molar-refractivity contribution in [1.82, 2.24) is 5.32 Å². The lowest BCUT2D eigenvalue weighted by Gasteiger charge is -2.13. The first-order valence-corrected chi connectivity index (χ1v) is 11.7. The van der Waals surface area contributed by atoms with Crippen LogP contribution in [0.15, 0.2) is 64.6 Å². The molecule has 1 aliphatic rings. The summed E-state index contributed by atoms with van der Waals surface area (Å²) >= 11 is 3.50. The van der Waals surface area contributed by atoms with E-state index in [1.807, 2.05) is 48.5 Å². The maximum atomic E-state index is 12.6. The molecule has 9 heteroatoms. The number of rotatable bonds is 9. The van der Waals surface area contributed by atoms with Crippen LogP contribution < -0.4 is 29.0 Å². The van der Waals surface area contributed by atoms with Crippen molar-refractivity contribution in [2.24, 2.45) is 0 Å². The number of carbonyl (C=O) groups excluding carboxylic acids is 1. The Kier molecular flexibility index (Phi) is 7.98. The van der Waals surface area contributed by atoms with E-state index in [1.54, 1.807) is 19.2 Å². The summed E-state index contributed by atoms with van der Waals surface area (Å²) in [5, 5.41) is 12.3. The summed E-state index contributed by atoms with van der Waals surface area (Å²) in [7, 11) is 3.11. The molecule has 1 N–H and O–H groups in total. The monoisotopic (exact) mass is 550 g/mol. The van der Waals surface area contributed by atoms with Crippen LogP contribution in [0.2, 0.25) is 0 Å². The zero-order chi connectivity index (χ0) is 25.5. The third-order valence-electron chi connectivity index (χ3n) is 5.39. The van der Waals surface area contributed by atoms with Gasteiger partial charge in [0.25, 0.3) is 5.91 Å². The molecule has 0 atom stereocenters. The molecule has 0 bridgehead atoms. The van der Waals surface area contributed by atoms with Crippen LogP contribution in [0.1, 0.15) is 16.7 Å². The summed E-state index contributed by atoms with van der Waals surface area (Å²) in [5.41, 5.74) is 2.34. The van der Waals surface area contributed by atoms with Gasteiger partial charge >= 0.3 is 0 Å². The Hall–Kier alpha value is -4.16. The van der Waals surface area contributed by atoms with E-state index in [2.05, 4.69) is 21.2 Å². The maximum Gasteiger partial charge on any atom is 0.262 e. The topological polar surface area (TPSA) is 99.0 Å². The molecule has 0 spiro atoms. The second-order valence-corrected chi connectivity index (χ2v) is 8.56. The highest BCUT2D eigenvalue weighted by Crippen LogP contribution is 2.36. The van der Waals surface area contributed by atoms with Crippen molar-refractivity contribution in [1.29, 1.82) is 5.26 Å².